The molecule has 0 N–H and O–H groups in total. The molecule has 0 aliphatic rings. The van der Waals surface area contributed by atoms with Gasteiger partial charge in [-0.05, 0) is 66.7 Å². The molecular formula is C36H54O2S2. The molecule has 2 nitrogen and oxygen atoms in total. The second-order valence-corrected chi connectivity index (χ2v) is 13.6. The van der Waals surface area contributed by atoms with Crippen LogP contribution in [0.2, 0.25) is 0 Å². The lowest BCUT2D eigenvalue weighted by atomic mass is 9.98. The Kier molecular flexibility index (Phi) is 16.8. The molecule has 3 rings (SSSR count). The predicted octanol–water partition coefficient (Wildman–Crippen LogP) is 11.5. The standard InChI is InChI=1S/C36H54O2S2/c1-4-30-23-24-33-34(29-30)36(38-26-18-12-8-10-14-20-28-40-6-3)32-22-16-15-21-31(32)35(33)37-25-17-11-7-9-13-19-27-39-5-2/h15-16,21-24,29H,4-14,17-20,25-28H2,1-3H3. The second kappa shape index (κ2) is 20.4. The minimum atomic E-state index is 0.775. The van der Waals surface area contributed by atoms with E-state index in [1.54, 1.807) is 0 Å². The van der Waals surface area contributed by atoms with Gasteiger partial charge < -0.3 is 9.47 Å². The highest BCUT2D eigenvalue weighted by molar-refractivity contribution is 7.99. The average molecular weight is 583 g/mol. The summed E-state index contributed by atoms with van der Waals surface area (Å²) in [7, 11) is 0. The first kappa shape index (κ1) is 33.0. The van der Waals surface area contributed by atoms with Crippen LogP contribution in [0.4, 0.5) is 0 Å². The molecule has 0 saturated carbocycles. The van der Waals surface area contributed by atoms with Gasteiger partial charge in [-0.2, -0.15) is 23.5 Å². The van der Waals surface area contributed by atoms with Gasteiger partial charge in [0.1, 0.15) is 11.5 Å². The van der Waals surface area contributed by atoms with Gasteiger partial charge in [-0.1, -0.05) is 109 Å². The number of hydrogen-bond donors (Lipinski definition) is 0. The molecule has 0 atom stereocenters. The van der Waals surface area contributed by atoms with Crippen molar-refractivity contribution in [2.24, 2.45) is 0 Å². The van der Waals surface area contributed by atoms with E-state index in [9.17, 15) is 0 Å². The summed E-state index contributed by atoms with van der Waals surface area (Å²) in [5.41, 5.74) is 1.34. The normalized spacial score (nSPS) is 11.5. The Morgan fingerprint density at radius 3 is 1.45 bits per heavy atom. The Balaban J connectivity index is 1.60. The Hall–Kier alpha value is -1.52. The molecule has 0 aliphatic carbocycles. The molecule has 0 bridgehead atoms. The average Bonchev–Trinajstić information content (AvgIpc) is 2.99. The summed E-state index contributed by atoms with van der Waals surface area (Å²) in [5.74, 6) is 7.18. The Labute approximate surface area is 253 Å². The van der Waals surface area contributed by atoms with Crippen LogP contribution >= 0.6 is 23.5 Å². The van der Waals surface area contributed by atoms with Crippen LogP contribution in [0.3, 0.4) is 0 Å². The molecule has 0 heterocycles. The molecule has 0 saturated heterocycles. The van der Waals surface area contributed by atoms with Gasteiger partial charge >= 0.3 is 0 Å². The summed E-state index contributed by atoms with van der Waals surface area (Å²) in [6, 6.07) is 15.5. The van der Waals surface area contributed by atoms with Crippen LogP contribution in [0.25, 0.3) is 21.5 Å². The highest BCUT2D eigenvalue weighted by Crippen LogP contribution is 2.43. The number of hydrogen-bond acceptors (Lipinski definition) is 4. The van der Waals surface area contributed by atoms with Crippen LogP contribution < -0.4 is 9.47 Å². The van der Waals surface area contributed by atoms with Gasteiger partial charge in [0.2, 0.25) is 0 Å². The second-order valence-electron chi connectivity index (χ2n) is 10.8. The largest absolute Gasteiger partial charge is 0.492 e. The molecule has 4 heteroatoms. The summed E-state index contributed by atoms with van der Waals surface area (Å²) < 4.78 is 13.2. The maximum absolute atomic E-state index is 6.59. The van der Waals surface area contributed by atoms with Crippen molar-refractivity contribution in [3.8, 4) is 11.5 Å². The highest BCUT2D eigenvalue weighted by atomic mass is 32.2. The van der Waals surface area contributed by atoms with Crippen LogP contribution in [0, 0.1) is 0 Å². The van der Waals surface area contributed by atoms with E-state index in [2.05, 4.69) is 86.8 Å². The number of ether oxygens (including phenoxy) is 2. The predicted molar refractivity (Wildman–Crippen MR) is 183 cm³/mol. The molecule has 0 aromatic heterocycles. The van der Waals surface area contributed by atoms with Crippen molar-refractivity contribution in [3.05, 3.63) is 48.0 Å². The zero-order valence-electron chi connectivity index (χ0n) is 25.6. The number of unbranched alkanes of at least 4 members (excludes halogenated alkanes) is 10. The maximum Gasteiger partial charge on any atom is 0.135 e. The van der Waals surface area contributed by atoms with Gasteiger partial charge in [0.15, 0.2) is 0 Å². The highest BCUT2D eigenvalue weighted by Gasteiger charge is 2.16. The molecule has 0 radical (unpaired) electrons. The van der Waals surface area contributed by atoms with Gasteiger partial charge in [0, 0.05) is 21.5 Å². The van der Waals surface area contributed by atoms with E-state index in [0.29, 0.717) is 0 Å². The molecule has 0 spiro atoms. The summed E-state index contributed by atoms with van der Waals surface area (Å²) >= 11 is 4.13. The van der Waals surface area contributed by atoms with E-state index in [0.717, 1.165) is 44.0 Å². The van der Waals surface area contributed by atoms with E-state index >= 15 is 0 Å². The lowest BCUT2D eigenvalue weighted by Crippen LogP contribution is -2.03. The molecule has 0 unspecified atom stereocenters. The van der Waals surface area contributed by atoms with Crippen molar-refractivity contribution in [2.75, 3.05) is 36.2 Å². The molecule has 40 heavy (non-hydrogen) atoms. The first-order valence-electron chi connectivity index (χ1n) is 16.2. The van der Waals surface area contributed by atoms with Crippen LogP contribution in [0.15, 0.2) is 42.5 Å². The fourth-order valence-corrected chi connectivity index (χ4v) is 6.74. The fourth-order valence-electron chi connectivity index (χ4n) is 5.34. The number of benzene rings is 3. The zero-order chi connectivity index (χ0) is 28.3. The van der Waals surface area contributed by atoms with Crippen molar-refractivity contribution in [1.82, 2.24) is 0 Å². The SMILES string of the molecule is CCSCCCCCCCCOc1c2ccccc2c(OCCCCCCCCSCC)c2cc(CC)ccc12. The molecule has 0 aliphatic heterocycles. The molecule has 222 valence electrons. The van der Waals surface area contributed by atoms with Gasteiger partial charge in [0.05, 0.1) is 13.2 Å². The van der Waals surface area contributed by atoms with Crippen molar-refractivity contribution < 1.29 is 9.47 Å². The smallest absolute Gasteiger partial charge is 0.135 e. The van der Waals surface area contributed by atoms with E-state index in [4.69, 9.17) is 9.47 Å². The minimum Gasteiger partial charge on any atom is -0.492 e. The summed E-state index contributed by atoms with van der Waals surface area (Å²) in [6.07, 6.45) is 16.5. The third-order valence-corrected chi connectivity index (χ3v) is 9.64. The molecule has 0 fully saturated rings. The van der Waals surface area contributed by atoms with E-state index in [1.807, 2.05) is 0 Å². The Morgan fingerprint density at radius 1 is 0.500 bits per heavy atom. The first-order chi connectivity index (χ1) is 19.8. The van der Waals surface area contributed by atoms with Gasteiger partial charge in [0.25, 0.3) is 0 Å². The minimum absolute atomic E-state index is 0.775. The third-order valence-electron chi connectivity index (χ3n) is 7.66. The van der Waals surface area contributed by atoms with Crippen molar-refractivity contribution in [2.45, 2.75) is 104 Å². The van der Waals surface area contributed by atoms with Crippen molar-refractivity contribution in [1.29, 1.82) is 0 Å². The van der Waals surface area contributed by atoms with Crippen molar-refractivity contribution in [3.63, 3.8) is 0 Å². The molecule has 3 aromatic carbocycles. The summed E-state index contributed by atoms with van der Waals surface area (Å²) in [6.45, 7) is 8.28. The van der Waals surface area contributed by atoms with Crippen LogP contribution in [-0.2, 0) is 6.42 Å². The molecule has 0 amide bonds. The van der Waals surface area contributed by atoms with Gasteiger partial charge in [-0.3, -0.25) is 0 Å². The number of fused-ring (bicyclic) bond motifs is 2. The lowest BCUT2D eigenvalue weighted by molar-refractivity contribution is 0.306. The third kappa shape index (κ3) is 11.0. The van der Waals surface area contributed by atoms with Crippen LogP contribution in [0.5, 0.6) is 11.5 Å². The molecule has 3 aromatic rings. The van der Waals surface area contributed by atoms with Crippen LogP contribution in [0.1, 0.15) is 103 Å². The van der Waals surface area contributed by atoms with E-state index < -0.39 is 0 Å². The summed E-state index contributed by atoms with van der Waals surface area (Å²) in [4.78, 5) is 0. The summed E-state index contributed by atoms with van der Waals surface area (Å²) in [5, 5.41) is 4.74. The fraction of sp³-hybridized carbons (Fsp3) is 0.611. The van der Waals surface area contributed by atoms with E-state index in [1.165, 1.54) is 114 Å². The number of rotatable bonds is 23. The van der Waals surface area contributed by atoms with E-state index in [-0.39, 0.29) is 0 Å². The monoisotopic (exact) mass is 582 g/mol. The zero-order valence-corrected chi connectivity index (χ0v) is 27.2. The molecular weight excluding hydrogens is 529 g/mol. The van der Waals surface area contributed by atoms with Crippen LogP contribution in [-0.4, -0.2) is 36.2 Å². The topological polar surface area (TPSA) is 18.5 Å². The Bertz CT molecular complexity index is 1100. The van der Waals surface area contributed by atoms with Gasteiger partial charge in [-0.25, -0.2) is 0 Å². The quantitative estimate of drug-likeness (QED) is 0.0817. The maximum atomic E-state index is 6.59. The number of thioether (sulfide) groups is 2. The Morgan fingerprint density at radius 2 is 0.950 bits per heavy atom. The van der Waals surface area contributed by atoms with Gasteiger partial charge in [-0.15, -0.1) is 0 Å². The first-order valence-corrected chi connectivity index (χ1v) is 18.5. The van der Waals surface area contributed by atoms with Crippen molar-refractivity contribution >= 4 is 45.1 Å². The lowest BCUT2D eigenvalue weighted by Gasteiger charge is -2.18. The number of aryl methyl sites for hydroxylation is 1.